The van der Waals surface area contributed by atoms with Crippen LogP contribution in [0.15, 0.2) is 27.4 Å². The van der Waals surface area contributed by atoms with Crippen molar-refractivity contribution >= 4 is 17.5 Å². The molecule has 3 aromatic rings. The highest BCUT2D eigenvalue weighted by Gasteiger charge is 2.28. The number of rotatable bonds is 4. The van der Waals surface area contributed by atoms with Gasteiger partial charge in [0, 0.05) is 24.6 Å². The summed E-state index contributed by atoms with van der Waals surface area (Å²) in [5.74, 6) is 0.444. The van der Waals surface area contributed by atoms with Gasteiger partial charge in [-0.05, 0) is 38.0 Å². The van der Waals surface area contributed by atoms with E-state index in [1.165, 1.54) is 18.2 Å². The van der Waals surface area contributed by atoms with Gasteiger partial charge in [0.25, 0.3) is 0 Å². The van der Waals surface area contributed by atoms with E-state index in [1.807, 2.05) is 0 Å². The highest BCUT2D eigenvalue weighted by atomic mass is 35.5. The largest absolute Gasteiger partial charge is 0.342 e. The van der Waals surface area contributed by atoms with Gasteiger partial charge in [-0.25, -0.2) is 9.02 Å². The average Bonchev–Trinajstić information content (AvgIpc) is 3.32. The lowest BCUT2D eigenvalue weighted by molar-refractivity contribution is -0.131. The Labute approximate surface area is 164 Å². The molecule has 0 atom stereocenters. The van der Waals surface area contributed by atoms with Crippen molar-refractivity contribution in [3.05, 3.63) is 46.3 Å². The van der Waals surface area contributed by atoms with Crippen molar-refractivity contribution in [2.75, 3.05) is 13.1 Å². The standard InChI is InChI=1S/C18H17ClFN5O3/c1-10-15(23-28-22-10)9-16(26)25-6-4-11(5-7-25)18-21-17(24-27-18)13-3-2-12(20)8-14(13)19/h2-3,8,11H,4-7,9H2,1H3. The number of aryl methyl sites for hydroxylation is 1. The predicted molar refractivity (Wildman–Crippen MR) is 96.0 cm³/mol. The molecule has 28 heavy (non-hydrogen) atoms. The van der Waals surface area contributed by atoms with Crippen molar-refractivity contribution in [3.63, 3.8) is 0 Å². The Hall–Kier alpha value is -2.81. The number of nitrogens with zero attached hydrogens (tertiary/aromatic N) is 5. The summed E-state index contributed by atoms with van der Waals surface area (Å²) in [6, 6.07) is 4.03. The Morgan fingerprint density at radius 3 is 2.75 bits per heavy atom. The van der Waals surface area contributed by atoms with Crippen LogP contribution in [0.5, 0.6) is 0 Å². The highest BCUT2D eigenvalue weighted by Crippen LogP contribution is 2.31. The summed E-state index contributed by atoms with van der Waals surface area (Å²) in [4.78, 5) is 18.6. The first-order valence-corrected chi connectivity index (χ1v) is 9.24. The van der Waals surface area contributed by atoms with E-state index in [1.54, 1.807) is 11.8 Å². The molecule has 146 valence electrons. The second kappa shape index (κ2) is 7.67. The van der Waals surface area contributed by atoms with Crippen molar-refractivity contribution in [2.45, 2.75) is 32.1 Å². The average molecular weight is 406 g/mol. The zero-order valence-electron chi connectivity index (χ0n) is 15.1. The van der Waals surface area contributed by atoms with Crippen LogP contribution in [0.3, 0.4) is 0 Å². The molecule has 1 aliphatic heterocycles. The zero-order valence-corrected chi connectivity index (χ0v) is 15.8. The van der Waals surface area contributed by atoms with Crippen LogP contribution < -0.4 is 0 Å². The summed E-state index contributed by atoms with van der Waals surface area (Å²) in [6.45, 7) is 2.93. The molecular weight excluding hydrogens is 389 g/mol. The van der Waals surface area contributed by atoms with Gasteiger partial charge in [-0.3, -0.25) is 4.79 Å². The molecule has 0 unspecified atom stereocenters. The molecule has 1 saturated heterocycles. The molecule has 2 aromatic heterocycles. The monoisotopic (exact) mass is 405 g/mol. The number of aromatic nitrogens is 4. The van der Waals surface area contributed by atoms with Crippen molar-refractivity contribution < 1.29 is 18.3 Å². The first kappa shape index (κ1) is 18.5. The number of benzene rings is 1. The minimum Gasteiger partial charge on any atom is -0.342 e. The Balaban J connectivity index is 1.38. The van der Waals surface area contributed by atoms with Gasteiger partial charge < -0.3 is 9.42 Å². The van der Waals surface area contributed by atoms with Gasteiger partial charge in [0.05, 0.1) is 11.4 Å². The van der Waals surface area contributed by atoms with Gasteiger partial charge in [0.2, 0.25) is 17.6 Å². The van der Waals surface area contributed by atoms with Crippen LogP contribution in [-0.4, -0.2) is 44.4 Å². The molecule has 0 N–H and O–H groups in total. The fourth-order valence-corrected chi connectivity index (χ4v) is 3.47. The molecule has 1 aliphatic rings. The molecule has 0 radical (unpaired) electrons. The number of hydrogen-bond acceptors (Lipinski definition) is 7. The lowest BCUT2D eigenvalue weighted by atomic mass is 9.96. The maximum atomic E-state index is 13.2. The van der Waals surface area contributed by atoms with E-state index in [0.29, 0.717) is 54.6 Å². The molecule has 1 amide bonds. The highest BCUT2D eigenvalue weighted by molar-refractivity contribution is 6.33. The van der Waals surface area contributed by atoms with Crippen LogP contribution in [0.2, 0.25) is 5.02 Å². The molecule has 0 saturated carbocycles. The predicted octanol–water partition coefficient (Wildman–Crippen LogP) is 3.17. The van der Waals surface area contributed by atoms with Crippen LogP contribution >= 0.6 is 11.6 Å². The minimum absolute atomic E-state index is 0.0124. The van der Waals surface area contributed by atoms with Gasteiger partial charge in [0.1, 0.15) is 17.2 Å². The van der Waals surface area contributed by atoms with E-state index in [4.69, 9.17) is 16.1 Å². The molecular formula is C18H17ClFN5O3. The van der Waals surface area contributed by atoms with Gasteiger partial charge >= 0.3 is 0 Å². The fraction of sp³-hybridized carbons (Fsp3) is 0.389. The van der Waals surface area contributed by atoms with E-state index in [2.05, 4.69) is 25.1 Å². The second-order valence-electron chi connectivity index (χ2n) is 6.71. The van der Waals surface area contributed by atoms with Gasteiger partial charge in [0.15, 0.2) is 0 Å². The van der Waals surface area contributed by atoms with Crippen molar-refractivity contribution in [2.24, 2.45) is 0 Å². The zero-order chi connectivity index (χ0) is 19.7. The van der Waals surface area contributed by atoms with Crippen LogP contribution in [0.1, 0.15) is 36.0 Å². The molecule has 0 aliphatic carbocycles. The summed E-state index contributed by atoms with van der Waals surface area (Å²) in [6.07, 6.45) is 1.59. The van der Waals surface area contributed by atoms with E-state index >= 15 is 0 Å². The second-order valence-corrected chi connectivity index (χ2v) is 7.12. The van der Waals surface area contributed by atoms with Gasteiger partial charge in [-0.15, -0.1) is 0 Å². The summed E-state index contributed by atoms with van der Waals surface area (Å²) in [7, 11) is 0. The molecule has 0 bridgehead atoms. The van der Waals surface area contributed by atoms with Gasteiger partial charge in [-0.2, -0.15) is 4.98 Å². The van der Waals surface area contributed by atoms with E-state index < -0.39 is 5.82 Å². The Bertz CT molecular complexity index is 997. The number of halogens is 2. The van der Waals surface area contributed by atoms with Crippen molar-refractivity contribution in [3.8, 4) is 11.4 Å². The molecule has 10 heteroatoms. The molecule has 8 nitrogen and oxygen atoms in total. The van der Waals surface area contributed by atoms with Crippen molar-refractivity contribution in [1.29, 1.82) is 0 Å². The molecule has 1 fully saturated rings. The third-order valence-corrected chi connectivity index (χ3v) is 5.19. The number of carbonyl (C=O) groups excluding carboxylic acids is 1. The first-order valence-electron chi connectivity index (χ1n) is 8.86. The first-order chi connectivity index (χ1) is 13.5. The fourth-order valence-electron chi connectivity index (χ4n) is 3.22. The number of amides is 1. The van der Waals surface area contributed by atoms with Crippen LogP contribution in [0, 0.1) is 12.7 Å². The smallest absolute Gasteiger partial charge is 0.230 e. The topological polar surface area (TPSA) is 98.2 Å². The van der Waals surface area contributed by atoms with Crippen LogP contribution in [-0.2, 0) is 11.2 Å². The minimum atomic E-state index is -0.425. The number of piperidine rings is 1. The van der Waals surface area contributed by atoms with Gasteiger partial charge in [-0.1, -0.05) is 27.1 Å². The molecule has 1 aromatic carbocycles. The Kier molecular flexibility index (Phi) is 5.08. The van der Waals surface area contributed by atoms with Crippen LogP contribution in [0.25, 0.3) is 11.4 Å². The normalized spacial score (nSPS) is 15.2. The third kappa shape index (κ3) is 3.75. The summed E-state index contributed by atoms with van der Waals surface area (Å²) in [5, 5.41) is 11.6. The molecule has 4 rings (SSSR count). The number of hydrogen-bond donors (Lipinski definition) is 0. The quantitative estimate of drug-likeness (QED) is 0.657. The van der Waals surface area contributed by atoms with Crippen LogP contribution in [0.4, 0.5) is 4.39 Å². The molecule has 0 spiro atoms. The van der Waals surface area contributed by atoms with E-state index in [0.717, 1.165) is 0 Å². The summed E-state index contributed by atoms with van der Waals surface area (Å²) >= 11 is 6.06. The Morgan fingerprint density at radius 1 is 1.29 bits per heavy atom. The maximum absolute atomic E-state index is 13.2. The number of carbonyl (C=O) groups is 1. The lowest BCUT2D eigenvalue weighted by Crippen LogP contribution is -2.39. The van der Waals surface area contributed by atoms with Crippen molar-refractivity contribution in [1.82, 2.24) is 25.4 Å². The SMILES string of the molecule is Cc1nonc1CC(=O)N1CCC(c2nc(-c3ccc(F)cc3Cl)no2)CC1. The number of likely N-dealkylation sites (tertiary alicyclic amines) is 1. The molecule has 3 heterocycles. The lowest BCUT2D eigenvalue weighted by Gasteiger charge is -2.30. The Morgan fingerprint density at radius 2 is 2.07 bits per heavy atom. The van der Waals surface area contributed by atoms with E-state index in [-0.39, 0.29) is 23.3 Å². The summed E-state index contributed by atoms with van der Waals surface area (Å²) in [5.41, 5.74) is 1.70. The maximum Gasteiger partial charge on any atom is 0.230 e. The van der Waals surface area contributed by atoms with E-state index in [9.17, 15) is 9.18 Å². The summed E-state index contributed by atoms with van der Waals surface area (Å²) < 4.78 is 23.2. The third-order valence-electron chi connectivity index (χ3n) is 4.88.